The molecule has 38 heavy (non-hydrogen) atoms. The van der Waals surface area contributed by atoms with Gasteiger partial charge >= 0.3 is 6.18 Å². The fraction of sp³-hybridized carbons (Fsp3) is 0.321. The average molecular weight is 523 g/mol. The molecule has 1 aromatic heterocycles. The molecule has 1 atom stereocenters. The second-order valence-electron chi connectivity index (χ2n) is 9.13. The molecule has 0 spiro atoms. The molecule has 2 aromatic carbocycles. The third-order valence-electron chi connectivity index (χ3n) is 6.35. The highest BCUT2D eigenvalue weighted by molar-refractivity contribution is 5.95. The molecule has 0 bridgehead atoms. The van der Waals surface area contributed by atoms with Gasteiger partial charge in [0.15, 0.2) is 0 Å². The van der Waals surface area contributed by atoms with E-state index in [4.69, 9.17) is 5.26 Å². The lowest BCUT2D eigenvalue weighted by molar-refractivity contribution is -0.146. The van der Waals surface area contributed by atoms with Gasteiger partial charge in [-0.3, -0.25) is 9.69 Å². The molecule has 0 aliphatic carbocycles. The number of benzene rings is 2. The maximum atomic E-state index is 13.2. The molecule has 1 saturated heterocycles. The van der Waals surface area contributed by atoms with E-state index in [1.807, 2.05) is 47.4 Å². The number of hydrogen-bond acceptors (Lipinski definition) is 6. The molecule has 198 valence electrons. The van der Waals surface area contributed by atoms with Gasteiger partial charge in [-0.2, -0.15) is 18.4 Å². The van der Waals surface area contributed by atoms with Gasteiger partial charge in [-0.25, -0.2) is 4.98 Å². The Bertz CT molecular complexity index is 1220. The Balaban J connectivity index is 1.34. The third kappa shape index (κ3) is 7.78. The lowest BCUT2D eigenvalue weighted by atomic mass is 10.0. The molecule has 10 heteroatoms. The summed E-state index contributed by atoms with van der Waals surface area (Å²) in [4.78, 5) is 21.0. The molecule has 0 saturated carbocycles. The fourth-order valence-electron chi connectivity index (χ4n) is 4.36. The van der Waals surface area contributed by atoms with Crippen molar-refractivity contribution in [1.82, 2.24) is 15.2 Å². The Labute approximate surface area is 219 Å². The molecule has 2 heterocycles. The number of amides is 1. The average Bonchev–Trinajstić information content (AvgIpc) is 2.92. The first-order valence-electron chi connectivity index (χ1n) is 12.4. The molecule has 1 aliphatic rings. The molecule has 1 aliphatic heterocycles. The minimum atomic E-state index is -4.20. The van der Waals surface area contributed by atoms with Crippen LogP contribution in [0.1, 0.15) is 22.7 Å². The first kappa shape index (κ1) is 27.1. The summed E-state index contributed by atoms with van der Waals surface area (Å²) in [5, 5.41) is 15.2. The maximum Gasteiger partial charge on any atom is 0.401 e. The summed E-state index contributed by atoms with van der Waals surface area (Å²) in [5.74, 6) is 0.432. The van der Waals surface area contributed by atoms with Crippen LogP contribution in [0.4, 0.5) is 24.7 Å². The quantitative estimate of drug-likeness (QED) is 0.439. The van der Waals surface area contributed by atoms with Crippen molar-refractivity contribution in [2.24, 2.45) is 0 Å². The van der Waals surface area contributed by atoms with E-state index >= 15 is 0 Å². The van der Waals surface area contributed by atoms with Gasteiger partial charge < -0.3 is 15.5 Å². The van der Waals surface area contributed by atoms with Crippen LogP contribution in [0, 0.1) is 11.3 Å². The van der Waals surface area contributed by atoms with Gasteiger partial charge in [0.2, 0.25) is 5.91 Å². The summed E-state index contributed by atoms with van der Waals surface area (Å²) < 4.78 is 37.9. The van der Waals surface area contributed by atoms with E-state index in [0.717, 1.165) is 11.1 Å². The van der Waals surface area contributed by atoms with Crippen LogP contribution in [0.25, 0.3) is 0 Å². The number of hydrogen-bond donors (Lipinski definition) is 2. The van der Waals surface area contributed by atoms with Gasteiger partial charge in [-0.1, -0.05) is 42.5 Å². The number of carbonyl (C=O) groups is 1. The van der Waals surface area contributed by atoms with E-state index in [0.29, 0.717) is 56.2 Å². The zero-order valence-electron chi connectivity index (χ0n) is 20.8. The number of halogens is 3. The van der Waals surface area contributed by atoms with Crippen molar-refractivity contribution >= 4 is 17.4 Å². The summed E-state index contributed by atoms with van der Waals surface area (Å²) in [5.41, 5.74) is 3.02. The first-order chi connectivity index (χ1) is 18.3. The van der Waals surface area contributed by atoms with E-state index in [-0.39, 0.29) is 5.91 Å². The highest BCUT2D eigenvalue weighted by Crippen LogP contribution is 2.21. The van der Waals surface area contributed by atoms with E-state index in [2.05, 4.69) is 21.7 Å². The van der Waals surface area contributed by atoms with Crippen LogP contribution in [0.2, 0.25) is 0 Å². The number of rotatable bonds is 9. The van der Waals surface area contributed by atoms with Gasteiger partial charge in [0.25, 0.3) is 0 Å². The molecular weight excluding hydrogens is 493 g/mol. The Morgan fingerprint density at radius 2 is 1.71 bits per heavy atom. The zero-order chi connectivity index (χ0) is 27.0. The van der Waals surface area contributed by atoms with Gasteiger partial charge in [0.05, 0.1) is 30.1 Å². The van der Waals surface area contributed by atoms with Crippen LogP contribution in [0.5, 0.6) is 0 Å². The van der Waals surface area contributed by atoms with Crippen molar-refractivity contribution in [2.45, 2.75) is 18.6 Å². The monoisotopic (exact) mass is 522 g/mol. The number of nitriles is 1. The second kappa shape index (κ2) is 12.5. The van der Waals surface area contributed by atoms with Crippen LogP contribution in [-0.2, 0) is 11.2 Å². The molecule has 7 nitrogen and oxygen atoms in total. The molecule has 2 N–H and O–H groups in total. The lowest BCUT2D eigenvalue weighted by Gasteiger charge is -2.35. The Kier molecular flexibility index (Phi) is 8.94. The number of aromatic nitrogens is 1. The third-order valence-corrected chi connectivity index (χ3v) is 6.35. The van der Waals surface area contributed by atoms with Crippen molar-refractivity contribution in [1.29, 1.82) is 5.26 Å². The predicted molar refractivity (Wildman–Crippen MR) is 140 cm³/mol. The van der Waals surface area contributed by atoms with Gasteiger partial charge in [0, 0.05) is 32.7 Å². The molecule has 0 unspecified atom stereocenters. The van der Waals surface area contributed by atoms with Crippen LogP contribution in [0.15, 0.2) is 72.9 Å². The van der Waals surface area contributed by atoms with Crippen LogP contribution < -0.4 is 15.5 Å². The summed E-state index contributed by atoms with van der Waals surface area (Å²) in [6.45, 7) is 1.18. The first-order valence-corrected chi connectivity index (χ1v) is 12.4. The lowest BCUT2D eigenvalue weighted by Crippen LogP contribution is -2.49. The number of carbonyl (C=O) groups excluding carboxylic acids is 1. The summed E-state index contributed by atoms with van der Waals surface area (Å²) >= 11 is 0. The second-order valence-corrected chi connectivity index (χ2v) is 9.13. The van der Waals surface area contributed by atoms with Crippen molar-refractivity contribution in [3.8, 4) is 6.07 Å². The highest BCUT2D eigenvalue weighted by Gasteiger charge is 2.32. The minimum Gasteiger partial charge on any atom is -0.354 e. The van der Waals surface area contributed by atoms with Crippen molar-refractivity contribution in [3.63, 3.8) is 0 Å². The Morgan fingerprint density at radius 1 is 1.00 bits per heavy atom. The standard InChI is InChI=1S/C28H29F3N6O/c29-28(30,31)20-36-14-16-37(17-15-36)25-11-10-24(19-34-25)35-27(38)26(23-4-2-1-3-5-23)33-13-12-21-6-8-22(18-32)9-7-21/h1-11,19,26,33H,12-17,20H2,(H,35,38)/t26-/m1/s1. The van der Waals surface area contributed by atoms with Gasteiger partial charge in [-0.15, -0.1) is 0 Å². The summed E-state index contributed by atoms with van der Waals surface area (Å²) in [6, 6.07) is 21.8. The number of nitrogens with zero attached hydrogens (tertiary/aromatic N) is 4. The largest absolute Gasteiger partial charge is 0.401 e. The fourth-order valence-corrected chi connectivity index (χ4v) is 4.36. The number of alkyl halides is 3. The van der Waals surface area contributed by atoms with Crippen molar-refractivity contribution < 1.29 is 18.0 Å². The summed E-state index contributed by atoms with van der Waals surface area (Å²) in [7, 11) is 0. The number of anilines is 2. The molecule has 3 aromatic rings. The maximum absolute atomic E-state index is 13.2. The SMILES string of the molecule is N#Cc1ccc(CCN[C@@H](C(=O)Nc2ccc(N3CCN(CC(F)(F)F)CC3)nc2)c2ccccc2)cc1. The number of pyridine rings is 1. The Morgan fingerprint density at radius 3 is 2.32 bits per heavy atom. The van der Waals surface area contributed by atoms with E-state index in [1.54, 1.807) is 30.5 Å². The zero-order valence-corrected chi connectivity index (χ0v) is 20.8. The number of piperazine rings is 1. The van der Waals surface area contributed by atoms with E-state index in [9.17, 15) is 18.0 Å². The predicted octanol–water partition coefficient (Wildman–Crippen LogP) is 4.15. The highest BCUT2D eigenvalue weighted by atomic mass is 19.4. The summed E-state index contributed by atoms with van der Waals surface area (Å²) in [6.07, 6.45) is -1.95. The molecule has 1 amide bonds. The van der Waals surface area contributed by atoms with Crippen molar-refractivity contribution in [3.05, 3.63) is 89.6 Å². The van der Waals surface area contributed by atoms with Crippen molar-refractivity contribution in [2.75, 3.05) is 49.5 Å². The molecular formula is C28H29F3N6O. The normalized spacial score (nSPS) is 15.1. The number of nitrogens with one attached hydrogen (secondary N) is 2. The Hall–Kier alpha value is -3.94. The van der Waals surface area contributed by atoms with Crippen LogP contribution in [0.3, 0.4) is 0 Å². The van der Waals surface area contributed by atoms with Crippen LogP contribution >= 0.6 is 0 Å². The molecule has 1 fully saturated rings. The van der Waals surface area contributed by atoms with Crippen LogP contribution in [-0.4, -0.2) is 61.2 Å². The van der Waals surface area contributed by atoms with Gasteiger partial charge in [-0.05, 0) is 41.8 Å². The van der Waals surface area contributed by atoms with E-state index < -0.39 is 18.8 Å². The minimum absolute atomic E-state index is 0.230. The van der Waals surface area contributed by atoms with Gasteiger partial charge in [0.1, 0.15) is 11.9 Å². The topological polar surface area (TPSA) is 84.3 Å². The molecule has 4 rings (SSSR count). The van der Waals surface area contributed by atoms with E-state index in [1.165, 1.54) is 4.90 Å². The smallest absolute Gasteiger partial charge is 0.354 e. The molecule has 0 radical (unpaired) electrons.